The van der Waals surface area contributed by atoms with E-state index in [2.05, 4.69) is 4.72 Å². The molecule has 1 atom stereocenters. The van der Waals surface area contributed by atoms with Gasteiger partial charge in [0.25, 0.3) is 0 Å². The molecule has 0 aliphatic heterocycles. The van der Waals surface area contributed by atoms with Gasteiger partial charge in [0, 0.05) is 6.04 Å². The Labute approximate surface area is 109 Å². The number of nitrogens with one attached hydrogen (secondary N) is 1. The van der Waals surface area contributed by atoms with Crippen LogP contribution in [0.4, 0.5) is 4.39 Å². The number of sulfonamides is 1. The van der Waals surface area contributed by atoms with Crippen LogP contribution < -0.4 is 4.72 Å². The molecule has 0 aromatic heterocycles. The van der Waals surface area contributed by atoms with E-state index in [1.165, 1.54) is 13.0 Å². The Bertz CT molecular complexity index is 637. The summed E-state index contributed by atoms with van der Waals surface area (Å²) in [5.41, 5.74) is -0.395. The van der Waals surface area contributed by atoms with Gasteiger partial charge in [-0.2, -0.15) is 5.26 Å². The van der Waals surface area contributed by atoms with Crippen LogP contribution in [0.5, 0.6) is 0 Å². The van der Waals surface area contributed by atoms with E-state index in [0.29, 0.717) is 0 Å². The number of carboxylic acid groups (broad SMARTS) is 1. The fourth-order valence-corrected chi connectivity index (χ4v) is 2.66. The lowest BCUT2D eigenvalue weighted by Crippen LogP contribution is -2.34. The zero-order chi connectivity index (χ0) is 14.6. The van der Waals surface area contributed by atoms with Gasteiger partial charge in [0.1, 0.15) is 11.9 Å². The van der Waals surface area contributed by atoms with Crippen LogP contribution in [0.25, 0.3) is 0 Å². The summed E-state index contributed by atoms with van der Waals surface area (Å²) in [5.74, 6) is -1.97. The number of aliphatic carboxylic acids is 1. The van der Waals surface area contributed by atoms with Crippen LogP contribution in [0, 0.1) is 17.1 Å². The van der Waals surface area contributed by atoms with Gasteiger partial charge in [-0.15, -0.1) is 0 Å². The second-order valence-corrected chi connectivity index (χ2v) is 5.59. The summed E-state index contributed by atoms with van der Waals surface area (Å²) in [6, 6.07) is 3.48. The standard InChI is InChI=1S/C11H11FN2O4S/c1-7(4-11(15)16)14-19(17,18)9-2-3-10(12)8(5-9)6-13/h2-3,5,7,14H,4H2,1H3,(H,15,16). The maximum Gasteiger partial charge on any atom is 0.304 e. The first-order valence-electron chi connectivity index (χ1n) is 5.20. The average Bonchev–Trinajstić information content (AvgIpc) is 2.27. The predicted molar refractivity (Wildman–Crippen MR) is 63.2 cm³/mol. The summed E-state index contributed by atoms with van der Waals surface area (Å²) in [7, 11) is -3.99. The molecule has 0 aliphatic rings. The topological polar surface area (TPSA) is 107 Å². The summed E-state index contributed by atoms with van der Waals surface area (Å²) in [6.07, 6.45) is -0.383. The third-order valence-corrected chi connectivity index (χ3v) is 3.79. The van der Waals surface area contributed by atoms with Crippen molar-refractivity contribution in [1.82, 2.24) is 4.72 Å². The Balaban J connectivity index is 3.01. The molecule has 2 N–H and O–H groups in total. The lowest BCUT2D eigenvalue weighted by Gasteiger charge is -2.12. The number of hydrogen-bond acceptors (Lipinski definition) is 4. The average molecular weight is 286 g/mol. The van der Waals surface area contributed by atoms with Gasteiger partial charge in [0.2, 0.25) is 10.0 Å². The number of nitriles is 1. The van der Waals surface area contributed by atoms with Gasteiger partial charge in [0.15, 0.2) is 0 Å². The summed E-state index contributed by atoms with van der Waals surface area (Å²) >= 11 is 0. The van der Waals surface area contributed by atoms with Crippen LogP contribution >= 0.6 is 0 Å². The molecular formula is C11H11FN2O4S. The van der Waals surface area contributed by atoms with E-state index in [9.17, 15) is 17.6 Å². The normalized spacial score (nSPS) is 12.7. The van der Waals surface area contributed by atoms with E-state index in [4.69, 9.17) is 10.4 Å². The third-order valence-electron chi connectivity index (χ3n) is 2.21. The van der Waals surface area contributed by atoms with Gasteiger partial charge in [-0.3, -0.25) is 4.79 Å². The largest absolute Gasteiger partial charge is 0.481 e. The summed E-state index contributed by atoms with van der Waals surface area (Å²) in [6.45, 7) is 1.39. The predicted octanol–water partition coefficient (Wildman–Crippen LogP) is 0.839. The van der Waals surface area contributed by atoms with E-state index >= 15 is 0 Å². The second-order valence-electron chi connectivity index (χ2n) is 3.87. The van der Waals surface area contributed by atoms with Crippen LogP contribution in [-0.2, 0) is 14.8 Å². The van der Waals surface area contributed by atoms with Crippen molar-refractivity contribution in [2.75, 3.05) is 0 Å². The molecule has 0 saturated carbocycles. The van der Waals surface area contributed by atoms with Crippen LogP contribution in [0.2, 0.25) is 0 Å². The molecule has 0 bridgehead atoms. The summed E-state index contributed by atoms with van der Waals surface area (Å²) in [4.78, 5) is 10.2. The maximum atomic E-state index is 13.1. The van der Waals surface area contributed by atoms with E-state index in [-0.39, 0.29) is 11.3 Å². The Morgan fingerprint density at radius 3 is 2.74 bits per heavy atom. The molecule has 0 aliphatic carbocycles. The molecule has 1 aromatic carbocycles. The lowest BCUT2D eigenvalue weighted by atomic mass is 10.2. The zero-order valence-corrected chi connectivity index (χ0v) is 10.7. The van der Waals surface area contributed by atoms with Crippen molar-refractivity contribution in [2.24, 2.45) is 0 Å². The van der Waals surface area contributed by atoms with Gasteiger partial charge in [0.05, 0.1) is 16.9 Å². The molecule has 0 fully saturated rings. The third kappa shape index (κ3) is 4.01. The van der Waals surface area contributed by atoms with Crippen molar-refractivity contribution >= 4 is 16.0 Å². The van der Waals surface area contributed by atoms with Gasteiger partial charge in [-0.25, -0.2) is 17.5 Å². The number of hydrogen-bond donors (Lipinski definition) is 2. The molecule has 19 heavy (non-hydrogen) atoms. The highest BCUT2D eigenvalue weighted by atomic mass is 32.2. The summed E-state index contributed by atoms with van der Waals surface area (Å²) < 4.78 is 38.9. The molecule has 8 heteroatoms. The summed E-state index contributed by atoms with van der Waals surface area (Å²) in [5, 5.41) is 17.2. The first kappa shape index (κ1) is 15.1. The quantitative estimate of drug-likeness (QED) is 0.834. The minimum atomic E-state index is -3.99. The molecule has 1 aromatic rings. The SMILES string of the molecule is CC(CC(=O)O)NS(=O)(=O)c1ccc(F)c(C#N)c1. The van der Waals surface area contributed by atoms with E-state index in [0.717, 1.165) is 18.2 Å². The number of nitrogens with zero attached hydrogens (tertiary/aromatic N) is 1. The Morgan fingerprint density at radius 1 is 1.58 bits per heavy atom. The van der Waals surface area contributed by atoms with Crippen LogP contribution in [-0.4, -0.2) is 25.5 Å². The molecule has 1 unspecified atom stereocenters. The van der Waals surface area contributed by atoms with Crippen molar-refractivity contribution in [2.45, 2.75) is 24.3 Å². The van der Waals surface area contributed by atoms with Crippen LogP contribution in [0.15, 0.2) is 23.1 Å². The van der Waals surface area contributed by atoms with Gasteiger partial charge in [-0.1, -0.05) is 0 Å². The van der Waals surface area contributed by atoms with Gasteiger partial charge < -0.3 is 5.11 Å². The van der Waals surface area contributed by atoms with Crippen molar-refractivity contribution in [3.05, 3.63) is 29.6 Å². The van der Waals surface area contributed by atoms with Crippen molar-refractivity contribution in [1.29, 1.82) is 5.26 Å². The minimum Gasteiger partial charge on any atom is -0.481 e. The monoisotopic (exact) mass is 286 g/mol. The lowest BCUT2D eigenvalue weighted by molar-refractivity contribution is -0.137. The molecule has 1 rings (SSSR count). The highest BCUT2D eigenvalue weighted by Gasteiger charge is 2.20. The Morgan fingerprint density at radius 2 is 2.21 bits per heavy atom. The van der Waals surface area contributed by atoms with Crippen molar-refractivity contribution in [3.63, 3.8) is 0 Å². The number of rotatable bonds is 5. The van der Waals surface area contributed by atoms with Crippen molar-refractivity contribution in [3.8, 4) is 6.07 Å². The molecule has 0 saturated heterocycles. The molecule has 102 valence electrons. The highest BCUT2D eigenvalue weighted by Crippen LogP contribution is 2.15. The molecule has 0 spiro atoms. The van der Waals surface area contributed by atoms with E-state index < -0.39 is 33.4 Å². The fourth-order valence-electron chi connectivity index (χ4n) is 1.39. The van der Waals surface area contributed by atoms with E-state index in [1.54, 1.807) is 0 Å². The maximum absolute atomic E-state index is 13.1. The molecule has 6 nitrogen and oxygen atoms in total. The number of carboxylic acids is 1. The minimum absolute atomic E-state index is 0.289. The smallest absolute Gasteiger partial charge is 0.304 e. The zero-order valence-electron chi connectivity index (χ0n) is 9.92. The Kier molecular flexibility index (Phi) is 4.58. The Hall–Kier alpha value is -1.98. The van der Waals surface area contributed by atoms with Gasteiger partial charge in [-0.05, 0) is 25.1 Å². The van der Waals surface area contributed by atoms with Crippen LogP contribution in [0.3, 0.4) is 0 Å². The number of carbonyl (C=O) groups is 1. The van der Waals surface area contributed by atoms with E-state index in [1.807, 2.05) is 0 Å². The van der Waals surface area contributed by atoms with Crippen LogP contribution in [0.1, 0.15) is 18.9 Å². The molecule has 0 amide bonds. The molecule has 0 heterocycles. The second kappa shape index (κ2) is 5.77. The first-order chi connectivity index (χ1) is 8.76. The molecule has 0 radical (unpaired) electrons. The van der Waals surface area contributed by atoms with Crippen molar-refractivity contribution < 1.29 is 22.7 Å². The number of benzene rings is 1. The fraction of sp³-hybridized carbons (Fsp3) is 0.273. The van der Waals surface area contributed by atoms with Gasteiger partial charge >= 0.3 is 5.97 Å². The first-order valence-corrected chi connectivity index (χ1v) is 6.68. The highest BCUT2D eigenvalue weighted by molar-refractivity contribution is 7.89. The molecular weight excluding hydrogens is 275 g/mol. The number of halogens is 1.